The minimum atomic E-state index is -3.70. The molecule has 1 aliphatic heterocycles. The van der Waals surface area contributed by atoms with Crippen LogP contribution in [0.3, 0.4) is 0 Å². The topological polar surface area (TPSA) is 105 Å². The standard InChI is InChI=1S/C23H27N3O5S/c1-3-22(27)24-20-13-14-26(17(2)15-20)32(29,30)21-11-9-19(10-12-21)25-23(28)31-16-18-7-5-4-6-8-18/h3-12,17,20H,1,13-16H2,2H3,(H,24,27)(H,25,28). The minimum absolute atomic E-state index is 0.0876. The zero-order valence-corrected chi connectivity index (χ0v) is 18.7. The van der Waals surface area contributed by atoms with E-state index in [1.165, 1.54) is 34.6 Å². The van der Waals surface area contributed by atoms with Gasteiger partial charge in [0, 0.05) is 24.3 Å². The van der Waals surface area contributed by atoms with Crippen molar-refractivity contribution < 1.29 is 22.7 Å². The molecule has 9 heteroatoms. The van der Waals surface area contributed by atoms with Gasteiger partial charge in [0.05, 0.1) is 4.90 Å². The molecule has 0 aromatic heterocycles. The molecular formula is C23H27N3O5S. The molecule has 2 aromatic carbocycles. The van der Waals surface area contributed by atoms with Gasteiger partial charge in [-0.2, -0.15) is 4.31 Å². The summed E-state index contributed by atoms with van der Waals surface area (Å²) in [6.07, 6.45) is 1.63. The van der Waals surface area contributed by atoms with Gasteiger partial charge in [-0.15, -0.1) is 0 Å². The third-order valence-corrected chi connectivity index (χ3v) is 7.29. The van der Waals surface area contributed by atoms with Crippen LogP contribution in [0, 0.1) is 0 Å². The highest BCUT2D eigenvalue weighted by molar-refractivity contribution is 7.89. The van der Waals surface area contributed by atoms with Crippen LogP contribution >= 0.6 is 0 Å². The number of nitrogens with zero attached hydrogens (tertiary/aromatic N) is 1. The highest BCUT2D eigenvalue weighted by Gasteiger charge is 2.34. The van der Waals surface area contributed by atoms with E-state index in [0.29, 0.717) is 25.1 Å². The number of carbonyl (C=O) groups is 2. The number of carbonyl (C=O) groups excluding carboxylic acids is 2. The summed E-state index contributed by atoms with van der Waals surface area (Å²) in [6.45, 7) is 5.70. The van der Waals surface area contributed by atoms with Crippen LogP contribution in [0.4, 0.5) is 10.5 Å². The van der Waals surface area contributed by atoms with Crippen molar-refractivity contribution in [3.05, 3.63) is 72.8 Å². The number of rotatable bonds is 7. The smallest absolute Gasteiger partial charge is 0.411 e. The Morgan fingerprint density at radius 3 is 2.47 bits per heavy atom. The van der Waals surface area contributed by atoms with E-state index in [1.54, 1.807) is 0 Å². The van der Waals surface area contributed by atoms with Crippen LogP contribution < -0.4 is 10.6 Å². The Morgan fingerprint density at radius 2 is 1.84 bits per heavy atom. The predicted octanol–water partition coefficient (Wildman–Crippen LogP) is 3.28. The van der Waals surface area contributed by atoms with Gasteiger partial charge < -0.3 is 10.1 Å². The monoisotopic (exact) mass is 457 g/mol. The van der Waals surface area contributed by atoms with Crippen molar-refractivity contribution in [1.29, 1.82) is 0 Å². The first-order chi connectivity index (χ1) is 15.3. The molecule has 2 atom stereocenters. The van der Waals surface area contributed by atoms with Crippen LogP contribution in [0.5, 0.6) is 0 Å². The van der Waals surface area contributed by atoms with Crippen LogP contribution in [0.2, 0.25) is 0 Å². The number of amides is 2. The summed E-state index contributed by atoms with van der Waals surface area (Å²) in [5, 5.41) is 5.42. The lowest BCUT2D eigenvalue weighted by Gasteiger charge is -2.36. The highest BCUT2D eigenvalue weighted by Crippen LogP contribution is 2.26. The number of ether oxygens (including phenoxy) is 1. The number of sulfonamides is 1. The van der Waals surface area contributed by atoms with E-state index in [0.717, 1.165) is 5.56 Å². The molecule has 2 aromatic rings. The second-order valence-electron chi connectivity index (χ2n) is 7.61. The molecule has 2 N–H and O–H groups in total. The van der Waals surface area contributed by atoms with E-state index in [4.69, 9.17) is 4.74 Å². The molecule has 1 heterocycles. The van der Waals surface area contributed by atoms with Crippen molar-refractivity contribution >= 4 is 27.7 Å². The van der Waals surface area contributed by atoms with Gasteiger partial charge in [0.2, 0.25) is 15.9 Å². The van der Waals surface area contributed by atoms with E-state index in [-0.39, 0.29) is 29.5 Å². The maximum atomic E-state index is 13.1. The maximum absolute atomic E-state index is 13.1. The Kier molecular flexibility index (Phi) is 7.66. The maximum Gasteiger partial charge on any atom is 0.411 e. The number of anilines is 1. The molecule has 0 radical (unpaired) electrons. The van der Waals surface area contributed by atoms with Gasteiger partial charge in [-0.3, -0.25) is 10.1 Å². The molecule has 0 aliphatic carbocycles. The van der Waals surface area contributed by atoms with E-state index in [1.807, 2.05) is 37.3 Å². The third kappa shape index (κ3) is 5.95. The lowest BCUT2D eigenvalue weighted by Crippen LogP contribution is -2.50. The van der Waals surface area contributed by atoms with Gasteiger partial charge in [-0.25, -0.2) is 13.2 Å². The molecule has 8 nitrogen and oxygen atoms in total. The van der Waals surface area contributed by atoms with Gasteiger partial charge >= 0.3 is 6.09 Å². The molecule has 0 bridgehead atoms. The molecule has 1 fully saturated rings. The summed E-state index contributed by atoms with van der Waals surface area (Å²) in [5.74, 6) is -0.260. The summed E-state index contributed by atoms with van der Waals surface area (Å²) in [4.78, 5) is 23.6. The molecule has 170 valence electrons. The molecule has 0 saturated carbocycles. The fourth-order valence-corrected chi connectivity index (χ4v) is 5.28. The summed E-state index contributed by atoms with van der Waals surface area (Å²) in [5.41, 5.74) is 1.30. The van der Waals surface area contributed by atoms with Crippen molar-refractivity contribution in [2.24, 2.45) is 0 Å². The number of hydrogen-bond acceptors (Lipinski definition) is 5. The first-order valence-corrected chi connectivity index (χ1v) is 11.8. The number of piperidine rings is 1. The molecule has 3 rings (SSSR count). The van der Waals surface area contributed by atoms with E-state index in [9.17, 15) is 18.0 Å². The van der Waals surface area contributed by atoms with Crippen molar-refractivity contribution in [3.63, 3.8) is 0 Å². The molecule has 1 saturated heterocycles. The number of benzene rings is 2. The third-order valence-electron chi connectivity index (χ3n) is 5.27. The average Bonchev–Trinajstić information content (AvgIpc) is 2.78. The Hall–Kier alpha value is -3.17. The second-order valence-corrected chi connectivity index (χ2v) is 9.50. The Morgan fingerprint density at radius 1 is 1.16 bits per heavy atom. The van der Waals surface area contributed by atoms with Crippen molar-refractivity contribution in [1.82, 2.24) is 9.62 Å². The van der Waals surface area contributed by atoms with Gasteiger partial charge in [-0.05, 0) is 55.7 Å². The molecule has 0 spiro atoms. The molecule has 2 amide bonds. The van der Waals surface area contributed by atoms with Crippen LogP contribution in [-0.4, -0.2) is 43.4 Å². The molecular weight excluding hydrogens is 430 g/mol. The Bertz CT molecular complexity index is 1050. The zero-order chi connectivity index (χ0) is 23.1. The SMILES string of the molecule is C=CC(=O)NC1CCN(S(=O)(=O)c2ccc(NC(=O)OCc3ccccc3)cc2)C(C)C1. The number of nitrogens with one attached hydrogen (secondary N) is 2. The number of hydrogen-bond donors (Lipinski definition) is 2. The van der Waals surface area contributed by atoms with Crippen LogP contribution in [0.1, 0.15) is 25.3 Å². The predicted molar refractivity (Wildman–Crippen MR) is 121 cm³/mol. The van der Waals surface area contributed by atoms with Crippen molar-refractivity contribution in [2.75, 3.05) is 11.9 Å². The van der Waals surface area contributed by atoms with Crippen LogP contribution in [-0.2, 0) is 26.2 Å². The minimum Gasteiger partial charge on any atom is -0.444 e. The van der Waals surface area contributed by atoms with Gasteiger partial charge in [-0.1, -0.05) is 36.9 Å². The first-order valence-electron chi connectivity index (χ1n) is 10.3. The van der Waals surface area contributed by atoms with E-state index in [2.05, 4.69) is 17.2 Å². The fourth-order valence-electron chi connectivity index (χ4n) is 3.62. The van der Waals surface area contributed by atoms with Gasteiger partial charge in [0.1, 0.15) is 6.61 Å². The van der Waals surface area contributed by atoms with Crippen molar-refractivity contribution in [3.8, 4) is 0 Å². The van der Waals surface area contributed by atoms with E-state index < -0.39 is 16.1 Å². The van der Waals surface area contributed by atoms with Gasteiger partial charge in [0.15, 0.2) is 0 Å². The van der Waals surface area contributed by atoms with E-state index >= 15 is 0 Å². The largest absolute Gasteiger partial charge is 0.444 e. The summed E-state index contributed by atoms with van der Waals surface area (Å²) >= 11 is 0. The molecule has 32 heavy (non-hydrogen) atoms. The summed E-state index contributed by atoms with van der Waals surface area (Å²) < 4.78 is 32.8. The summed E-state index contributed by atoms with van der Waals surface area (Å²) in [6, 6.07) is 14.9. The lowest BCUT2D eigenvalue weighted by molar-refractivity contribution is -0.117. The second kappa shape index (κ2) is 10.4. The highest BCUT2D eigenvalue weighted by atomic mass is 32.2. The average molecular weight is 458 g/mol. The lowest BCUT2D eigenvalue weighted by atomic mass is 10.0. The van der Waals surface area contributed by atoms with Gasteiger partial charge in [0.25, 0.3) is 0 Å². The summed E-state index contributed by atoms with van der Waals surface area (Å²) in [7, 11) is -3.70. The van der Waals surface area contributed by atoms with Crippen molar-refractivity contribution in [2.45, 2.75) is 43.4 Å². The molecule has 1 aliphatic rings. The first kappa shape index (κ1) is 23.5. The van der Waals surface area contributed by atoms with Crippen LogP contribution in [0.25, 0.3) is 0 Å². The Balaban J connectivity index is 1.58. The molecule has 2 unspecified atom stereocenters. The fraction of sp³-hybridized carbons (Fsp3) is 0.304. The zero-order valence-electron chi connectivity index (χ0n) is 17.9. The Labute approximate surface area is 188 Å². The van der Waals surface area contributed by atoms with Crippen LogP contribution in [0.15, 0.2) is 72.1 Å². The quantitative estimate of drug-likeness (QED) is 0.621. The normalized spacial score (nSPS) is 19.0.